The van der Waals surface area contributed by atoms with E-state index in [0.717, 1.165) is 5.56 Å². The molecule has 0 saturated heterocycles. The van der Waals surface area contributed by atoms with Gasteiger partial charge in [-0.15, -0.1) is 0 Å². The number of nitrogens with zero attached hydrogens (tertiary/aromatic N) is 1. The van der Waals surface area contributed by atoms with E-state index in [2.05, 4.69) is 0 Å². The van der Waals surface area contributed by atoms with E-state index in [0.29, 0.717) is 29.6 Å². The van der Waals surface area contributed by atoms with Gasteiger partial charge in [-0.05, 0) is 20.8 Å². The van der Waals surface area contributed by atoms with Gasteiger partial charge in [-0.2, -0.15) is 0 Å². The van der Waals surface area contributed by atoms with Gasteiger partial charge in [0.05, 0.1) is 10.5 Å². The average Bonchev–Trinajstić information content (AvgIpc) is 2.64. The maximum atomic E-state index is 11.1. The number of fused-ring (bicyclic) bond motifs is 1. The van der Waals surface area contributed by atoms with Crippen molar-refractivity contribution in [3.63, 3.8) is 0 Å². The van der Waals surface area contributed by atoms with Crippen LogP contribution in [-0.2, 0) is 6.42 Å². The van der Waals surface area contributed by atoms with E-state index in [4.69, 9.17) is 4.74 Å². The molecule has 5 nitrogen and oxygen atoms in total. The lowest BCUT2D eigenvalue weighted by atomic mass is 9.95. The van der Waals surface area contributed by atoms with Crippen LogP contribution in [0.25, 0.3) is 0 Å². The molecule has 0 radical (unpaired) electrons. The van der Waals surface area contributed by atoms with Gasteiger partial charge in [-0.3, -0.25) is 14.9 Å². The molecule has 0 amide bonds. The number of nitro groups is 1. The lowest BCUT2D eigenvalue weighted by molar-refractivity contribution is -0.385. The molecule has 0 bridgehead atoms. The smallest absolute Gasteiger partial charge is 0.283 e. The summed E-state index contributed by atoms with van der Waals surface area (Å²) < 4.78 is 5.61. The van der Waals surface area contributed by atoms with Crippen LogP contribution in [0.15, 0.2) is 0 Å². The molecule has 1 aliphatic heterocycles. The van der Waals surface area contributed by atoms with Gasteiger partial charge in [0.25, 0.3) is 5.69 Å². The molecule has 0 aliphatic carbocycles. The minimum absolute atomic E-state index is 0.0381. The third-order valence-corrected chi connectivity index (χ3v) is 3.22. The molecule has 1 aromatic rings. The minimum atomic E-state index is -0.491. The fourth-order valence-corrected chi connectivity index (χ4v) is 2.30. The number of hydrogen-bond acceptors (Lipinski definition) is 4. The summed E-state index contributed by atoms with van der Waals surface area (Å²) >= 11 is 0. The van der Waals surface area contributed by atoms with Crippen molar-refractivity contribution in [2.75, 3.05) is 0 Å². The number of ether oxygens (including phenoxy) is 1. The van der Waals surface area contributed by atoms with Crippen LogP contribution >= 0.6 is 0 Å². The predicted molar refractivity (Wildman–Crippen MR) is 61.8 cm³/mol. The summed E-state index contributed by atoms with van der Waals surface area (Å²) in [5, 5.41) is 11.0. The normalized spacial score (nSPS) is 17.5. The first-order chi connectivity index (χ1) is 7.97. The lowest BCUT2D eigenvalue weighted by Crippen LogP contribution is -2.05. The van der Waals surface area contributed by atoms with Crippen LogP contribution in [0.2, 0.25) is 0 Å². The summed E-state index contributed by atoms with van der Waals surface area (Å²) in [5.41, 5.74) is 2.00. The summed E-state index contributed by atoms with van der Waals surface area (Å²) in [6.07, 6.45) is 1.07. The van der Waals surface area contributed by atoms with E-state index in [-0.39, 0.29) is 17.4 Å². The number of nitro benzene ring substituents is 1. The average molecular weight is 235 g/mol. The minimum Gasteiger partial charge on any atom is -0.490 e. The van der Waals surface area contributed by atoms with Crippen molar-refractivity contribution in [3.8, 4) is 5.75 Å². The molecule has 1 atom stereocenters. The Hall–Kier alpha value is -1.91. The Labute approximate surface area is 98.5 Å². The number of benzene rings is 1. The quantitative estimate of drug-likeness (QED) is 0.448. The molecule has 1 aliphatic rings. The van der Waals surface area contributed by atoms with Crippen LogP contribution in [0.5, 0.6) is 5.75 Å². The van der Waals surface area contributed by atoms with E-state index >= 15 is 0 Å². The van der Waals surface area contributed by atoms with Crippen LogP contribution in [0, 0.1) is 24.0 Å². The van der Waals surface area contributed by atoms with Crippen LogP contribution in [0.1, 0.15) is 34.0 Å². The Morgan fingerprint density at radius 2 is 2.06 bits per heavy atom. The predicted octanol–water partition coefficient (Wildman–Crippen LogP) is 2.35. The highest BCUT2D eigenvalue weighted by molar-refractivity contribution is 5.87. The summed E-state index contributed by atoms with van der Waals surface area (Å²) in [7, 11) is 0. The second-order valence-corrected chi connectivity index (χ2v) is 4.33. The van der Waals surface area contributed by atoms with Crippen molar-refractivity contribution in [1.29, 1.82) is 0 Å². The fraction of sp³-hybridized carbons (Fsp3) is 0.417. The molecule has 0 N–H and O–H groups in total. The van der Waals surface area contributed by atoms with Crippen molar-refractivity contribution in [3.05, 3.63) is 32.4 Å². The van der Waals surface area contributed by atoms with Crippen molar-refractivity contribution in [1.82, 2.24) is 0 Å². The molecule has 5 heteroatoms. The van der Waals surface area contributed by atoms with Crippen LogP contribution in [0.4, 0.5) is 5.69 Å². The molecular weight excluding hydrogens is 222 g/mol. The van der Waals surface area contributed by atoms with Crippen molar-refractivity contribution >= 4 is 12.0 Å². The SMILES string of the molecule is Cc1c(C)c([N+](=O)[O-])c(C=O)c2c1OC(C)C2. The molecule has 17 heavy (non-hydrogen) atoms. The van der Waals surface area contributed by atoms with Gasteiger partial charge in [-0.1, -0.05) is 0 Å². The van der Waals surface area contributed by atoms with E-state index in [1.807, 2.05) is 6.92 Å². The second-order valence-electron chi connectivity index (χ2n) is 4.33. The zero-order chi connectivity index (χ0) is 12.7. The second kappa shape index (κ2) is 3.84. The number of hydrogen-bond donors (Lipinski definition) is 0. The molecule has 1 unspecified atom stereocenters. The van der Waals surface area contributed by atoms with Crippen LogP contribution < -0.4 is 4.74 Å². The van der Waals surface area contributed by atoms with Gasteiger partial charge in [-0.25, -0.2) is 0 Å². The topological polar surface area (TPSA) is 69.4 Å². The highest BCUT2D eigenvalue weighted by atomic mass is 16.6. The molecular formula is C12H13NO4. The molecule has 1 heterocycles. The highest BCUT2D eigenvalue weighted by Crippen LogP contribution is 2.41. The molecule has 1 aromatic carbocycles. The Morgan fingerprint density at radius 1 is 1.41 bits per heavy atom. The summed E-state index contributed by atoms with van der Waals surface area (Å²) in [6.45, 7) is 5.32. The summed E-state index contributed by atoms with van der Waals surface area (Å²) in [6, 6.07) is 0. The number of carbonyl (C=O) groups excluding carboxylic acids is 1. The first kappa shape index (κ1) is 11.6. The van der Waals surface area contributed by atoms with Crippen molar-refractivity contribution < 1.29 is 14.5 Å². The monoisotopic (exact) mass is 235 g/mol. The van der Waals surface area contributed by atoms with Crippen LogP contribution in [0.3, 0.4) is 0 Å². The molecule has 0 spiro atoms. The zero-order valence-electron chi connectivity index (χ0n) is 9.94. The van der Waals surface area contributed by atoms with Gasteiger partial charge in [0, 0.05) is 23.1 Å². The van der Waals surface area contributed by atoms with Gasteiger partial charge in [0.15, 0.2) is 6.29 Å². The van der Waals surface area contributed by atoms with E-state index in [9.17, 15) is 14.9 Å². The summed E-state index contributed by atoms with van der Waals surface area (Å²) in [5.74, 6) is 0.641. The molecule has 0 aromatic heterocycles. The number of carbonyl (C=O) groups is 1. The maximum absolute atomic E-state index is 11.1. The zero-order valence-corrected chi connectivity index (χ0v) is 9.94. The standard InChI is InChI=1S/C12H13NO4/c1-6-4-9-10(5-14)11(13(15)16)7(2)8(3)12(9)17-6/h5-6H,4H2,1-3H3. The Balaban J connectivity index is 2.81. The van der Waals surface area contributed by atoms with E-state index in [1.165, 1.54) is 0 Å². The lowest BCUT2D eigenvalue weighted by Gasteiger charge is -2.10. The van der Waals surface area contributed by atoms with Crippen molar-refractivity contribution in [2.24, 2.45) is 0 Å². The Morgan fingerprint density at radius 3 is 2.59 bits per heavy atom. The van der Waals surface area contributed by atoms with Gasteiger partial charge >= 0.3 is 0 Å². The largest absolute Gasteiger partial charge is 0.490 e. The molecule has 90 valence electrons. The van der Waals surface area contributed by atoms with Gasteiger partial charge < -0.3 is 4.74 Å². The third-order valence-electron chi connectivity index (χ3n) is 3.22. The third kappa shape index (κ3) is 1.58. The fourth-order valence-electron chi connectivity index (χ4n) is 2.30. The Bertz CT molecular complexity index is 522. The molecule has 0 fully saturated rings. The first-order valence-corrected chi connectivity index (χ1v) is 5.39. The molecule has 2 rings (SSSR count). The van der Waals surface area contributed by atoms with Gasteiger partial charge in [0.2, 0.25) is 0 Å². The van der Waals surface area contributed by atoms with Crippen LogP contribution in [-0.4, -0.2) is 17.3 Å². The number of rotatable bonds is 2. The highest BCUT2D eigenvalue weighted by Gasteiger charge is 2.32. The maximum Gasteiger partial charge on any atom is 0.283 e. The van der Waals surface area contributed by atoms with Crippen molar-refractivity contribution in [2.45, 2.75) is 33.3 Å². The Kier molecular flexibility index (Phi) is 2.61. The van der Waals surface area contributed by atoms with E-state index < -0.39 is 4.92 Å². The molecule has 0 saturated carbocycles. The van der Waals surface area contributed by atoms with E-state index in [1.54, 1.807) is 13.8 Å². The summed E-state index contributed by atoms with van der Waals surface area (Å²) in [4.78, 5) is 21.7. The van der Waals surface area contributed by atoms with Gasteiger partial charge in [0.1, 0.15) is 11.9 Å². The number of aldehydes is 1. The first-order valence-electron chi connectivity index (χ1n) is 5.39.